The summed E-state index contributed by atoms with van der Waals surface area (Å²) >= 11 is 0. The van der Waals surface area contributed by atoms with Crippen LogP contribution in [0.2, 0.25) is 0 Å². The van der Waals surface area contributed by atoms with Gasteiger partial charge in [-0.1, -0.05) is 42.5 Å². The number of hydrogen-bond acceptors (Lipinski definition) is 6. The molecule has 2 aliphatic rings. The van der Waals surface area contributed by atoms with Gasteiger partial charge < -0.3 is 20.7 Å². The molecular weight excluding hydrogens is 438 g/mol. The number of carboxylic acid groups (broad SMARTS) is 1. The lowest BCUT2D eigenvalue weighted by Gasteiger charge is -2.42. The Morgan fingerprint density at radius 3 is 2.26 bits per heavy atom. The highest BCUT2D eigenvalue weighted by atomic mass is 16.4. The number of likely N-dealkylation sites (tertiary alicyclic amines) is 1. The fraction of sp³-hybridized carbons (Fsp3) is 0.292. The average molecular weight is 463 g/mol. The summed E-state index contributed by atoms with van der Waals surface area (Å²) in [5.41, 5.74) is 0.912. The van der Waals surface area contributed by atoms with E-state index in [2.05, 4.69) is 5.10 Å². The number of nitrogens with two attached hydrogens (primary N) is 1. The van der Waals surface area contributed by atoms with Crippen molar-refractivity contribution in [1.82, 2.24) is 14.7 Å². The van der Waals surface area contributed by atoms with Crippen LogP contribution in [0.4, 0.5) is 4.79 Å². The first-order valence-electron chi connectivity index (χ1n) is 10.9. The Labute approximate surface area is 196 Å². The molecule has 0 aliphatic carbocycles. The van der Waals surface area contributed by atoms with Crippen LogP contribution in [0, 0.1) is 0 Å². The van der Waals surface area contributed by atoms with E-state index in [4.69, 9.17) is 5.84 Å². The first-order valence-corrected chi connectivity index (χ1v) is 10.9. The summed E-state index contributed by atoms with van der Waals surface area (Å²) in [7, 11) is 0. The molecule has 2 aromatic rings. The van der Waals surface area contributed by atoms with E-state index in [0.29, 0.717) is 5.56 Å². The molecule has 0 radical (unpaired) electrons. The van der Waals surface area contributed by atoms with E-state index in [9.17, 15) is 24.3 Å². The van der Waals surface area contributed by atoms with Crippen molar-refractivity contribution in [2.45, 2.75) is 24.9 Å². The molecule has 0 atom stereocenters. The summed E-state index contributed by atoms with van der Waals surface area (Å²) in [5, 5.41) is 12.7. The van der Waals surface area contributed by atoms with Crippen LogP contribution in [0.1, 0.15) is 34.3 Å². The fourth-order valence-corrected chi connectivity index (χ4v) is 4.59. The van der Waals surface area contributed by atoms with Crippen molar-refractivity contribution in [1.29, 1.82) is 0 Å². The van der Waals surface area contributed by atoms with Crippen LogP contribution in [0.15, 0.2) is 59.7 Å². The van der Waals surface area contributed by atoms with Gasteiger partial charge in [0.2, 0.25) is 0 Å². The molecule has 2 aromatic carbocycles. The van der Waals surface area contributed by atoms with E-state index in [1.54, 1.807) is 29.2 Å². The second-order valence-corrected chi connectivity index (χ2v) is 8.36. The molecule has 4 amide bonds. The first kappa shape index (κ1) is 23.0. The minimum Gasteiger partial charge on any atom is -0.480 e. The number of carboxylic acids is 1. The van der Waals surface area contributed by atoms with Crippen molar-refractivity contribution in [2.75, 3.05) is 19.6 Å². The standard InChI is InChI=1S/C24H25N5O5/c25-26-14-17-6-8-19(9-7-17)21(32)27-12-10-24(11-13-27)22(33)28(16-20(30)31)23(34)29(24)15-18-4-2-1-3-5-18/h1-9,14H,10-13,15-16,25H2,(H,30,31). The minimum absolute atomic E-state index is 0.180. The largest absolute Gasteiger partial charge is 0.480 e. The molecule has 176 valence electrons. The number of benzene rings is 2. The number of carbonyl (C=O) groups is 4. The topological polar surface area (TPSA) is 137 Å². The van der Waals surface area contributed by atoms with Gasteiger partial charge in [-0.2, -0.15) is 5.10 Å². The molecule has 0 bridgehead atoms. The molecule has 1 spiro atoms. The predicted molar refractivity (Wildman–Crippen MR) is 123 cm³/mol. The lowest BCUT2D eigenvalue weighted by atomic mass is 9.85. The number of aliphatic carboxylic acids is 1. The summed E-state index contributed by atoms with van der Waals surface area (Å²) in [6, 6.07) is 15.5. The quantitative estimate of drug-likeness (QED) is 0.288. The van der Waals surface area contributed by atoms with E-state index in [1.807, 2.05) is 30.3 Å². The average Bonchev–Trinajstić information content (AvgIpc) is 3.02. The second kappa shape index (κ2) is 9.34. The Morgan fingerprint density at radius 1 is 1.03 bits per heavy atom. The number of hydrogen-bond donors (Lipinski definition) is 2. The number of nitrogens with zero attached hydrogens (tertiary/aromatic N) is 4. The lowest BCUT2D eigenvalue weighted by molar-refractivity contribution is -0.144. The van der Waals surface area contributed by atoms with Crippen LogP contribution in [0.3, 0.4) is 0 Å². The van der Waals surface area contributed by atoms with Gasteiger partial charge in [-0.25, -0.2) is 4.79 Å². The van der Waals surface area contributed by atoms with Gasteiger partial charge in [0.25, 0.3) is 11.8 Å². The Hall–Kier alpha value is -4.21. The zero-order valence-electron chi connectivity index (χ0n) is 18.5. The molecular formula is C24H25N5O5. The number of carbonyl (C=O) groups excluding carboxylic acids is 3. The number of rotatable bonds is 6. The smallest absolute Gasteiger partial charge is 0.328 e. The van der Waals surface area contributed by atoms with E-state index in [1.165, 1.54) is 11.1 Å². The Kier molecular flexibility index (Phi) is 6.31. The van der Waals surface area contributed by atoms with Crippen LogP contribution >= 0.6 is 0 Å². The highest BCUT2D eigenvalue weighted by Gasteiger charge is 2.58. The van der Waals surface area contributed by atoms with Crippen molar-refractivity contribution in [3.8, 4) is 0 Å². The van der Waals surface area contributed by atoms with E-state index < -0.39 is 30.0 Å². The molecule has 2 fully saturated rings. The van der Waals surface area contributed by atoms with E-state index in [0.717, 1.165) is 16.0 Å². The predicted octanol–water partition coefficient (Wildman–Crippen LogP) is 1.50. The van der Waals surface area contributed by atoms with Gasteiger partial charge in [-0.15, -0.1) is 0 Å². The number of piperidine rings is 1. The second-order valence-electron chi connectivity index (χ2n) is 8.36. The summed E-state index contributed by atoms with van der Waals surface area (Å²) in [4.78, 5) is 54.7. The summed E-state index contributed by atoms with van der Waals surface area (Å²) in [6.07, 6.45) is 1.93. The molecule has 10 heteroatoms. The molecule has 3 N–H and O–H groups in total. The molecule has 34 heavy (non-hydrogen) atoms. The SMILES string of the molecule is NN=Cc1ccc(C(=O)N2CCC3(CC2)C(=O)N(CC(=O)O)C(=O)N3Cc2ccccc2)cc1. The van der Waals surface area contributed by atoms with Gasteiger partial charge in [0.1, 0.15) is 12.1 Å². The van der Waals surface area contributed by atoms with Crippen molar-refractivity contribution < 1.29 is 24.3 Å². The third-order valence-corrected chi connectivity index (χ3v) is 6.36. The monoisotopic (exact) mass is 463 g/mol. The minimum atomic E-state index is -1.26. The summed E-state index contributed by atoms with van der Waals surface area (Å²) in [6.45, 7) is 0.0115. The Morgan fingerprint density at radius 2 is 1.68 bits per heavy atom. The van der Waals surface area contributed by atoms with Crippen LogP contribution in [0.5, 0.6) is 0 Å². The van der Waals surface area contributed by atoms with Crippen LogP contribution < -0.4 is 5.84 Å². The summed E-state index contributed by atoms with van der Waals surface area (Å²) < 4.78 is 0. The number of hydrazone groups is 1. The molecule has 4 rings (SSSR count). The Bertz CT molecular complexity index is 1120. The van der Waals surface area contributed by atoms with Crippen molar-refractivity contribution >= 4 is 30.0 Å². The van der Waals surface area contributed by atoms with Crippen LogP contribution in [-0.4, -0.2) is 75.0 Å². The van der Waals surface area contributed by atoms with Crippen molar-refractivity contribution in [3.05, 3.63) is 71.3 Å². The highest BCUT2D eigenvalue weighted by Crippen LogP contribution is 2.38. The molecule has 0 aromatic heterocycles. The van der Waals surface area contributed by atoms with E-state index >= 15 is 0 Å². The first-order chi connectivity index (χ1) is 16.4. The third-order valence-electron chi connectivity index (χ3n) is 6.36. The summed E-state index contributed by atoms with van der Waals surface area (Å²) in [5.74, 6) is 3.20. The molecule has 2 heterocycles. The van der Waals surface area contributed by atoms with Crippen molar-refractivity contribution in [2.24, 2.45) is 10.9 Å². The van der Waals surface area contributed by atoms with Crippen LogP contribution in [0.25, 0.3) is 0 Å². The Balaban J connectivity index is 1.55. The van der Waals surface area contributed by atoms with Crippen LogP contribution in [-0.2, 0) is 16.1 Å². The highest BCUT2D eigenvalue weighted by molar-refractivity contribution is 6.08. The maximum absolute atomic E-state index is 13.3. The van der Waals surface area contributed by atoms with Gasteiger partial charge in [-0.3, -0.25) is 19.3 Å². The zero-order valence-corrected chi connectivity index (χ0v) is 18.5. The maximum Gasteiger partial charge on any atom is 0.328 e. The normalized spacial score (nSPS) is 17.7. The van der Waals surface area contributed by atoms with Gasteiger partial charge in [-0.05, 0) is 36.1 Å². The third kappa shape index (κ3) is 4.21. The maximum atomic E-state index is 13.3. The molecule has 0 saturated carbocycles. The van der Waals surface area contributed by atoms with Gasteiger partial charge in [0.05, 0.1) is 6.21 Å². The van der Waals surface area contributed by atoms with Gasteiger partial charge in [0, 0.05) is 25.2 Å². The molecule has 2 saturated heterocycles. The zero-order chi connectivity index (χ0) is 24.3. The molecule has 0 unspecified atom stereocenters. The fourth-order valence-electron chi connectivity index (χ4n) is 4.59. The number of imide groups is 1. The van der Waals surface area contributed by atoms with Crippen molar-refractivity contribution in [3.63, 3.8) is 0 Å². The number of amides is 4. The molecule has 2 aliphatic heterocycles. The lowest BCUT2D eigenvalue weighted by Crippen LogP contribution is -2.57. The van der Waals surface area contributed by atoms with Gasteiger partial charge in [0.15, 0.2) is 0 Å². The van der Waals surface area contributed by atoms with Gasteiger partial charge >= 0.3 is 12.0 Å². The number of urea groups is 1. The van der Waals surface area contributed by atoms with E-state index in [-0.39, 0.29) is 38.4 Å². The molecule has 10 nitrogen and oxygen atoms in total.